The highest BCUT2D eigenvalue weighted by Gasteiger charge is 2.57. The van der Waals surface area contributed by atoms with Crippen molar-refractivity contribution in [1.29, 1.82) is 0 Å². The second-order valence-electron chi connectivity index (χ2n) is 8.74. The molecule has 6 atom stereocenters. The lowest BCUT2D eigenvalue weighted by atomic mass is 9.46. The molecule has 1 heterocycles. The second-order valence-corrected chi connectivity index (χ2v) is 8.74. The molecule has 0 radical (unpaired) electrons. The van der Waals surface area contributed by atoms with Gasteiger partial charge in [0.05, 0.1) is 5.60 Å². The van der Waals surface area contributed by atoms with Gasteiger partial charge >= 0.3 is 0 Å². The van der Waals surface area contributed by atoms with E-state index in [2.05, 4.69) is 13.8 Å². The van der Waals surface area contributed by atoms with E-state index in [9.17, 15) is 4.79 Å². The summed E-state index contributed by atoms with van der Waals surface area (Å²) >= 11 is 0. The topological polar surface area (TPSA) is 26.3 Å². The summed E-state index contributed by atoms with van der Waals surface area (Å²) in [6.07, 6.45) is 10.7. The zero-order valence-electron chi connectivity index (χ0n) is 13.7. The minimum absolute atomic E-state index is 0.160. The molecule has 0 unspecified atom stereocenters. The Hall–Kier alpha value is -0.370. The molecular formula is C19H30O2. The third-order valence-corrected chi connectivity index (χ3v) is 7.91. The van der Waals surface area contributed by atoms with Crippen LogP contribution in [0, 0.1) is 29.1 Å². The van der Waals surface area contributed by atoms with E-state index in [1.165, 1.54) is 38.5 Å². The average molecular weight is 290 g/mol. The van der Waals surface area contributed by atoms with E-state index < -0.39 is 0 Å². The molecule has 1 saturated heterocycles. The van der Waals surface area contributed by atoms with E-state index in [1.807, 2.05) is 0 Å². The molecule has 2 nitrogen and oxygen atoms in total. The summed E-state index contributed by atoms with van der Waals surface area (Å²) in [7, 11) is 0. The summed E-state index contributed by atoms with van der Waals surface area (Å²) in [5.41, 5.74) is 0.600. The third-order valence-electron chi connectivity index (χ3n) is 7.91. The predicted octanol–water partition coefficient (Wildman–Crippen LogP) is 4.37. The Morgan fingerprint density at radius 2 is 1.90 bits per heavy atom. The fourth-order valence-electron chi connectivity index (χ4n) is 6.64. The van der Waals surface area contributed by atoms with Gasteiger partial charge in [-0.2, -0.15) is 0 Å². The van der Waals surface area contributed by atoms with Crippen molar-refractivity contribution < 1.29 is 9.53 Å². The lowest BCUT2D eigenvalue weighted by molar-refractivity contribution is -0.192. The van der Waals surface area contributed by atoms with Crippen molar-refractivity contribution in [3.8, 4) is 0 Å². The van der Waals surface area contributed by atoms with E-state index in [4.69, 9.17) is 4.74 Å². The number of hydrogen-bond donors (Lipinski definition) is 0. The number of Topliss-reactive ketones (excluding diaryl/α,β-unsaturated/α-hetero) is 1. The number of hydrogen-bond acceptors (Lipinski definition) is 2. The molecule has 0 aromatic carbocycles. The van der Waals surface area contributed by atoms with Crippen LogP contribution in [-0.2, 0) is 9.53 Å². The van der Waals surface area contributed by atoms with Crippen LogP contribution in [0.15, 0.2) is 0 Å². The van der Waals surface area contributed by atoms with Crippen molar-refractivity contribution in [2.45, 2.75) is 77.2 Å². The molecule has 0 aromatic heterocycles. The molecule has 1 aliphatic heterocycles. The molecule has 0 N–H and O–H groups in total. The van der Waals surface area contributed by atoms with Crippen LogP contribution >= 0.6 is 0 Å². The fourth-order valence-corrected chi connectivity index (χ4v) is 6.64. The van der Waals surface area contributed by atoms with Gasteiger partial charge in [0.25, 0.3) is 0 Å². The Morgan fingerprint density at radius 3 is 2.76 bits per heavy atom. The first kappa shape index (κ1) is 14.2. The molecule has 4 aliphatic rings. The molecule has 3 saturated carbocycles. The summed E-state index contributed by atoms with van der Waals surface area (Å²) in [5, 5.41) is 0. The van der Waals surface area contributed by atoms with Crippen molar-refractivity contribution in [3.05, 3.63) is 0 Å². The summed E-state index contributed by atoms with van der Waals surface area (Å²) in [6, 6.07) is 0. The molecule has 0 spiro atoms. The van der Waals surface area contributed by atoms with Gasteiger partial charge in [-0.05, 0) is 81.0 Å². The maximum Gasteiger partial charge on any atom is 0.133 e. The predicted molar refractivity (Wildman–Crippen MR) is 83.0 cm³/mol. The second kappa shape index (κ2) is 4.81. The van der Waals surface area contributed by atoms with Gasteiger partial charge < -0.3 is 4.74 Å². The van der Waals surface area contributed by atoms with Crippen LogP contribution in [-0.4, -0.2) is 18.0 Å². The molecular weight excluding hydrogens is 260 g/mol. The average Bonchev–Trinajstić information content (AvgIpc) is 2.47. The van der Waals surface area contributed by atoms with Gasteiger partial charge in [-0.25, -0.2) is 0 Å². The first-order valence-corrected chi connectivity index (χ1v) is 9.19. The Bertz CT molecular complexity index is 445. The van der Waals surface area contributed by atoms with Gasteiger partial charge in [-0.1, -0.05) is 6.92 Å². The van der Waals surface area contributed by atoms with Gasteiger partial charge in [0.1, 0.15) is 5.78 Å². The highest BCUT2D eigenvalue weighted by molar-refractivity contribution is 5.79. The Labute approximate surface area is 129 Å². The van der Waals surface area contributed by atoms with Crippen LogP contribution in [0.2, 0.25) is 0 Å². The van der Waals surface area contributed by atoms with E-state index in [1.54, 1.807) is 0 Å². The number of ether oxygens (including phenoxy) is 1. The highest BCUT2D eigenvalue weighted by atomic mass is 16.5. The van der Waals surface area contributed by atoms with Crippen LogP contribution in [0.3, 0.4) is 0 Å². The fraction of sp³-hybridized carbons (Fsp3) is 0.947. The quantitative estimate of drug-likeness (QED) is 0.662. The third kappa shape index (κ3) is 2.04. The van der Waals surface area contributed by atoms with Crippen LogP contribution in [0.1, 0.15) is 71.6 Å². The minimum Gasteiger partial charge on any atom is -0.375 e. The summed E-state index contributed by atoms with van der Waals surface area (Å²) in [6.45, 7) is 5.87. The standard InChI is InChI=1S/C19H30O2/c1-18-9-7-14(20)12-13(18)5-6-15-16(18)8-10-19(2)17(15)4-3-11-21-19/h13,15-17H,3-12H2,1-2H3/t13-,15+,16-,17+,18-,19+/m0/s1. The first-order valence-electron chi connectivity index (χ1n) is 9.19. The zero-order chi connectivity index (χ0) is 14.7. The van der Waals surface area contributed by atoms with Crippen molar-refractivity contribution in [2.24, 2.45) is 29.1 Å². The Kier molecular flexibility index (Phi) is 3.26. The number of carbonyl (C=O) groups excluding carboxylic acids is 1. The smallest absolute Gasteiger partial charge is 0.133 e. The van der Waals surface area contributed by atoms with Gasteiger partial charge in [-0.15, -0.1) is 0 Å². The first-order chi connectivity index (χ1) is 10.0. The SMILES string of the molecule is C[C@]12CCC(=O)C[C@@H]1CC[C@H]1[C@H]3CCCO[C@]3(C)CC[C@@H]12. The maximum atomic E-state index is 11.9. The highest BCUT2D eigenvalue weighted by Crippen LogP contribution is 2.62. The van der Waals surface area contributed by atoms with Crippen molar-refractivity contribution in [1.82, 2.24) is 0 Å². The van der Waals surface area contributed by atoms with Crippen molar-refractivity contribution in [3.63, 3.8) is 0 Å². The molecule has 4 rings (SSSR count). The maximum absolute atomic E-state index is 11.9. The summed E-state index contributed by atoms with van der Waals surface area (Å²) < 4.78 is 6.25. The lowest BCUT2D eigenvalue weighted by Gasteiger charge is -2.61. The summed E-state index contributed by atoms with van der Waals surface area (Å²) in [5.74, 6) is 3.69. The van der Waals surface area contributed by atoms with Gasteiger partial charge in [-0.3, -0.25) is 4.79 Å². The molecule has 118 valence electrons. The molecule has 2 heteroatoms. The molecule has 4 fully saturated rings. The zero-order valence-corrected chi connectivity index (χ0v) is 13.7. The summed E-state index contributed by atoms with van der Waals surface area (Å²) in [4.78, 5) is 11.9. The molecule has 21 heavy (non-hydrogen) atoms. The number of fused-ring (bicyclic) bond motifs is 5. The van der Waals surface area contributed by atoms with E-state index in [0.717, 1.165) is 43.6 Å². The normalized spacial score (nSPS) is 53.5. The monoisotopic (exact) mass is 290 g/mol. The molecule has 0 amide bonds. The molecule has 0 bridgehead atoms. The minimum atomic E-state index is 0.160. The van der Waals surface area contributed by atoms with E-state index in [-0.39, 0.29) is 5.60 Å². The number of ketones is 1. The van der Waals surface area contributed by atoms with Crippen LogP contribution in [0.25, 0.3) is 0 Å². The van der Waals surface area contributed by atoms with Gasteiger partial charge in [0.2, 0.25) is 0 Å². The number of carbonyl (C=O) groups is 1. The van der Waals surface area contributed by atoms with Gasteiger partial charge in [0.15, 0.2) is 0 Å². The van der Waals surface area contributed by atoms with Crippen LogP contribution < -0.4 is 0 Å². The number of rotatable bonds is 0. The van der Waals surface area contributed by atoms with Gasteiger partial charge in [0, 0.05) is 19.4 Å². The van der Waals surface area contributed by atoms with E-state index in [0.29, 0.717) is 17.1 Å². The van der Waals surface area contributed by atoms with Crippen LogP contribution in [0.5, 0.6) is 0 Å². The Morgan fingerprint density at radius 1 is 1.05 bits per heavy atom. The van der Waals surface area contributed by atoms with E-state index >= 15 is 0 Å². The molecule has 3 aliphatic carbocycles. The van der Waals surface area contributed by atoms with Crippen LogP contribution in [0.4, 0.5) is 0 Å². The van der Waals surface area contributed by atoms with Crippen molar-refractivity contribution in [2.75, 3.05) is 6.61 Å². The lowest BCUT2D eigenvalue weighted by Crippen LogP contribution is -2.57. The largest absolute Gasteiger partial charge is 0.375 e. The van der Waals surface area contributed by atoms with Crippen molar-refractivity contribution >= 4 is 5.78 Å². The molecule has 0 aromatic rings. The Balaban J connectivity index is 1.62.